The molecule has 2 aromatic rings. The van der Waals surface area contributed by atoms with Crippen LogP contribution in [-0.2, 0) is 6.54 Å². The van der Waals surface area contributed by atoms with Gasteiger partial charge in [-0.2, -0.15) is 0 Å². The Morgan fingerprint density at radius 3 is 2.32 bits per heavy atom. The lowest BCUT2D eigenvalue weighted by atomic mass is 10.2. The summed E-state index contributed by atoms with van der Waals surface area (Å²) in [5.74, 6) is 0. The molecule has 4 nitrogen and oxygen atoms in total. The first kappa shape index (κ1) is 15.8. The first-order chi connectivity index (χ1) is 10.8. The van der Waals surface area contributed by atoms with Crippen molar-refractivity contribution in [1.29, 1.82) is 0 Å². The molecule has 0 aliphatic carbocycles. The van der Waals surface area contributed by atoms with E-state index in [1.165, 1.54) is 0 Å². The molecule has 22 heavy (non-hydrogen) atoms. The molecule has 0 unspecified atom stereocenters. The second kappa shape index (κ2) is 8.64. The maximum atomic E-state index is 12.2. The number of aliphatic hydroxyl groups excluding tert-OH is 1. The monoisotopic (exact) mass is 296 g/mol. The molecule has 0 saturated carbocycles. The van der Waals surface area contributed by atoms with Gasteiger partial charge in [-0.1, -0.05) is 60.7 Å². The van der Waals surface area contributed by atoms with Crippen molar-refractivity contribution in [1.82, 2.24) is 10.2 Å². The fourth-order valence-corrected chi connectivity index (χ4v) is 2.04. The molecular formula is C18H20N2O2. The summed E-state index contributed by atoms with van der Waals surface area (Å²) in [5.41, 5.74) is 2.04. The van der Waals surface area contributed by atoms with Crippen LogP contribution < -0.4 is 5.32 Å². The number of carbonyl (C=O) groups is 1. The van der Waals surface area contributed by atoms with Crippen molar-refractivity contribution in [3.8, 4) is 0 Å². The lowest BCUT2D eigenvalue weighted by Crippen LogP contribution is -2.38. The molecular weight excluding hydrogens is 276 g/mol. The van der Waals surface area contributed by atoms with Crippen molar-refractivity contribution in [2.75, 3.05) is 13.2 Å². The highest BCUT2D eigenvalue weighted by molar-refractivity contribution is 5.76. The Morgan fingerprint density at radius 1 is 1.05 bits per heavy atom. The minimum Gasteiger partial charge on any atom is -0.395 e. The number of hydrogen-bond donors (Lipinski definition) is 2. The van der Waals surface area contributed by atoms with Crippen LogP contribution in [0.4, 0.5) is 4.79 Å². The van der Waals surface area contributed by atoms with Gasteiger partial charge < -0.3 is 15.3 Å². The summed E-state index contributed by atoms with van der Waals surface area (Å²) >= 11 is 0. The fraction of sp³-hybridized carbons (Fsp3) is 0.167. The van der Waals surface area contributed by atoms with E-state index in [9.17, 15) is 4.79 Å². The van der Waals surface area contributed by atoms with E-state index in [0.29, 0.717) is 13.1 Å². The van der Waals surface area contributed by atoms with Crippen LogP contribution in [0, 0.1) is 0 Å². The second-order valence-electron chi connectivity index (χ2n) is 4.82. The SMILES string of the molecule is O=C(N/C=C/c1ccccc1)N(CCO)Cc1ccccc1. The standard InChI is InChI=1S/C18H20N2O2/c21-14-13-20(15-17-9-5-2-6-10-17)18(22)19-12-11-16-7-3-1-4-8-16/h1-12,21H,13-15H2,(H,19,22)/b12-11+. The van der Waals surface area contributed by atoms with E-state index in [4.69, 9.17) is 5.11 Å². The number of amides is 2. The zero-order chi connectivity index (χ0) is 15.6. The zero-order valence-corrected chi connectivity index (χ0v) is 12.4. The Balaban J connectivity index is 1.93. The van der Waals surface area contributed by atoms with Crippen LogP contribution in [0.2, 0.25) is 0 Å². The van der Waals surface area contributed by atoms with E-state index in [2.05, 4.69) is 5.32 Å². The van der Waals surface area contributed by atoms with Gasteiger partial charge in [0.15, 0.2) is 0 Å². The molecule has 0 aliphatic heterocycles. The molecule has 4 heteroatoms. The first-order valence-corrected chi connectivity index (χ1v) is 7.21. The number of nitrogens with one attached hydrogen (secondary N) is 1. The number of aliphatic hydroxyl groups is 1. The molecule has 0 bridgehead atoms. The number of rotatable bonds is 6. The lowest BCUT2D eigenvalue weighted by molar-refractivity contribution is 0.177. The molecule has 0 heterocycles. The van der Waals surface area contributed by atoms with Crippen molar-refractivity contribution in [2.45, 2.75) is 6.54 Å². The highest BCUT2D eigenvalue weighted by Crippen LogP contribution is 2.05. The molecule has 0 aromatic heterocycles. The van der Waals surface area contributed by atoms with Crippen LogP contribution in [0.15, 0.2) is 66.9 Å². The summed E-state index contributed by atoms with van der Waals surface area (Å²) in [6.07, 6.45) is 3.45. The van der Waals surface area contributed by atoms with Gasteiger partial charge in [0, 0.05) is 19.3 Å². The summed E-state index contributed by atoms with van der Waals surface area (Å²) in [7, 11) is 0. The van der Waals surface area contributed by atoms with Crippen molar-refractivity contribution >= 4 is 12.1 Å². The van der Waals surface area contributed by atoms with Crippen LogP contribution in [0.25, 0.3) is 6.08 Å². The van der Waals surface area contributed by atoms with Crippen molar-refractivity contribution < 1.29 is 9.90 Å². The molecule has 0 aliphatic rings. The van der Waals surface area contributed by atoms with Crippen LogP contribution in [0.3, 0.4) is 0 Å². The summed E-state index contributed by atoms with van der Waals surface area (Å²) in [6.45, 7) is 0.689. The molecule has 0 radical (unpaired) electrons. The highest BCUT2D eigenvalue weighted by Gasteiger charge is 2.11. The zero-order valence-electron chi connectivity index (χ0n) is 12.4. The first-order valence-electron chi connectivity index (χ1n) is 7.21. The highest BCUT2D eigenvalue weighted by atomic mass is 16.3. The molecule has 0 spiro atoms. The van der Waals surface area contributed by atoms with Gasteiger partial charge in [0.25, 0.3) is 0 Å². The summed E-state index contributed by atoms with van der Waals surface area (Å²) < 4.78 is 0. The quantitative estimate of drug-likeness (QED) is 0.861. The molecule has 2 rings (SSSR count). The summed E-state index contributed by atoms with van der Waals surface area (Å²) in [4.78, 5) is 13.8. The molecule has 2 N–H and O–H groups in total. The van der Waals surface area contributed by atoms with Crippen LogP contribution in [0.5, 0.6) is 0 Å². The second-order valence-corrected chi connectivity index (χ2v) is 4.82. The lowest BCUT2D eigenvalue weighted by Gasteiger charge is -2.21. The largest absolute Gasteiger partial charge is 0.395 e. The Kier molecular flexibility index (Phi) is 6.20. The van der Waals surface area contributed by atoms with Gasteiger partial charge in [-0.25, -0.2) is 4.79 Å². The summed E-state index contributed by atoms with van der Waals surface area (Å²) in [6, 6.07) is 19.2. The van der Waals surface area contributed by atoms with Crippen LogP contribution in [-0.4, -0.2) is 29.2 Å². The van der Waals surface area contributed by atoms with Gasteiger partial charge in [0.2, 0.25) is 0 Å². The molecule has 2 amide bonds. The van der Waals surface area contributed by atoms with E-state index < -0.39 is 0 Å². The van der Waals surface area contributed by atoms with E-state index >= 15 is 0 Å². The Morgan fingerprint density at radius 2 is 1.68 bits per heavy atom. The van der Waals surface area contributed by atoms with E-state index in [1.807, 2.05) is 66.7 Å². The van der Waals surface area contributed by atoms with E-state index in [1.54, 1.807) is 11.1 Å². The van der Waals surface area contributed by atoms with E-state index in [-0.39, 0.29) is 12.6 Å². The van der Waals surface area contributed by atoms with Crippen molar-refractivity contribution in [3.05, 3.63) is 78.0 Å². The average molecular weight is 296 g/mol. The molecule has 0 atom stereocenters. The molecule has 114 valence electrons. The van der Waals surface area contributed by atoms with Gasteiger partial charge in [-0.15, -0.1) is 0 Å². The molecule has 2 aromatic carbocycles. The normalized spacial score (nSPS) is 10.6. The molecule has 0 fully saturated rings. The third kappa shape index (κ3) is 5.07. The maximum Gasteiger partial charge on any atom is 0.321 e. The van der Waals surface area contributed by atoms with Crippen LogP contribution in [0.1, 0.15) is 11.1 Å². The van der Waals surface area contributed by atoms with Crippen molar-refractivity contribution in [2.24, 2.45) is 0 Å². The number of benzene rings is 2. The number of urea groups is 1. The van der Waals surface area contributed by atoms with Gasteiger partial charge >= 0.3 is 6.03 Å². The minimum atomic E-state index is -0.231. The summed E-state index contributed by atoms with van der Waals surface area (Å²) in [5, 5.41) is 11.9. The molecule has 0 saturated heterocycles. The third-order valence-corrected chi connectivity index (χ3v) is 3.16. The van der Waals surface area contributed by atoms with Gasteiger partial charge in [0.1, 0.15) is 0 Å². The Labute approximate surface area is 130 Å². The third-order valence-electron chi connectivity index (χ3n) is 3.16. The topological polar surface area (TPSA) is 52.6 Å². The van der Waals surface area contributed by atoms with Gasteiger partial charge in [-0.3, -0.25) is 0 Å². The Bertz CT molecular complexity index is 597. The number of nitrogens with zero attached hydrogens (tertiary/aromatic N) is 1. The Hall–Kier alpha value is -2.59. The number of hydrogen-bond acceptors (Lipinski definition) is 2. The average Bonchev–Trinajstić information content (AvgIpc) is 2.56. The van der Waals surface area contributed by atoms with Crippen LogP contribution >= 0.6 is 0 Å². The fourth-order valence-electron chi connectivity index (χ4n) is 2.04. The smallest absolute Gasteiger partial charge is 0.321 e. The van der Waals surface area contributed by atoms with Gasteiger partial charge in [0.05, 0.1) is 6.61 Å². The minimum absolute atomic E-state index is 0.0668. The number of carbonyl (C=O) groups excluding carboxylic acids is 1. The van der Waals surface area contributed by atoms with E-state index in [0.717, 1.165) is 11.1 Å². The maximum absolute atomic E-state index is 12.2. The van der Waals surface area contributed by atoms with Crippen molar-refractivity contribution in [3.63, 3.8) is 0 Å². The predicted molar refractivity (Wildman–Crippen MR) is 87.9 cm³/mol. The van der Waals surface area contributed by atoms with Gasteiger partial charge in [-0.05, 0) is 17.2 Å². The predicted octanol–water partition coefficient (Wildman–Crippen LogP) is 2.86.